The summed E-state index contributed by atoms with van der Waals surface area (Å²) in [4.78, 5) is 0. The first-order chi connectivity index (χ1) is 11.0. The molecular weight excluding hydrogens is 278 g/mol. The van der Waals surface area contributed by atoms with Gasteiger partial charge >= 0.3 is 0 Å². The Morgan fingerprint density at radius 1 is 0.957 bits per heavy atom. The lowest BCUT2D eigenvalue weighted by molar-refractivity contribution is -0.793. The number of quaternary nitrogens is 1. The second-order valence-corrected chi connectivity index (χ2v) is 9.49. The highest BCUT2D eigenvalue weighted by molar-refractivity contribution is 4.78. The summed E-state index contributed by atoms with van der Waals surface area (Å²) in [6, 6.07) is 0.993. The number of likely N-dealkylation sites (N-methyl/N-ethyl adjacent to an activating group) is 1. The van der Waals surface area contributed by atoms with Crippen LogP contribution < -0.4 is 0 Å². The summed E-state index contributed by atoms with van der Waals surface area (Å²) in [7, 11) is 2.52. The number of rotatable bonds is 3. The molecule has 0 saturated carbocycles. The van der Waals surface area contributed by atoms with Gasteiger partial charge in [-0.05, 0) is 42.9 Å². The smallest absolute Gasteiger partial charge is 0.139 e. The summed E-state index contributed by atoms with van der Waals surface area (Å²) in [6.45, 7) is 12.8. The largest absolute Gasteiger partial charge is 0.314 e. The van der Waals surface area contributed by atoms with Crippen molar-refractivity contribution in [1.29, 1.82) is 0 Å². The minimum absolute atomic E-state index is 0.943. The average molecular weight is 323 g/mol. The lowest BCUT2D eigenvalue weighted by atomic mass is 9.81. The van der Waals surface area contributed by atoms with Gasteiger partial charge in [0.1, 0.15) is 12.6 Å². The molecule has 2 aliphatic heterocycles. The van der Waals surface area contributed by atoms with Gasteiger partial charge in [-0.25, -0.2) is 0 Å². The van der Waals surface area contributed by atoms with Gasteiger partial charge < -0.3 is 4.48 Å². The van der Waals surface area contributed by atoms with E-state index in [0.717, 1.165) is 29.7 Å². The molecule has 0 radical (unpaired) electrons. The molecule has 2 heterocycles. The van der Waals surface area contributed by atoms with Crippen molar-refractivity contribution in [3.63, 3.8) is 0 Å². The van der Waals surface area contributed by atoms with Gasteiger partial charge in [0.15, 0.2) is 0 Å². The molecule has 0 amide bonds. The van der Waals surface area contributed by atoms with Crippen LogP contribution in [0, 0.1) is 23.7 Å². The van der Waals surface area contributed by atoms with E-state index < -0.39 is 0 Å². The Labute approximate surface area is 146 Å². The van der Waals surface area contributed by atoms with E-state index in [0.29, 0.717) is 0 Å². The number of hydrogen-bond donors (Lipinski definition) is 0. The SMILES string of the molecule is CCCC1CCCC(C)C(CC)CCC[N+]2(C)CC2CC(C)C1. The van der Waals surface area contributed by atoms with E-state index in [4.69, 9.17) is 0 Å². The lowest BCUT2D eigenvalue weighted by Crippen LogP contribution is -2.27. The molecule has 136 valence electrons. The van der Waals surface area contributed by atoms with E-state index in [2.05, 4.69) is 34.7 Å². The van der Waals surface area contributed by atoms with Gasteiger partial charge in [0.25, 0.3) is 0 Å². The molecular formula is C22H44N+. The molecule has 2 fully saturated rings. The van der Waals surface area contributed by atoms with E-state index in [1.165, 1.54) is 81.8 Å². The number of fused-ring (bicyclic) bond motifs is 1. The van der Waals surface area contributed by atoms with Crippen LogP contribution in [0.25, 0.3) is 0 Å². The van der Waals surface area contributed by atoms with E-state index in [9.17, 15) is 0 Å². The second-order valence-electron chi connectivity index (χ2n) is 9.49. The zero-order valence-corrected chi connectivity index (χ0v) is 16.8. The van der Waals surface area contributed by atoms with E-state index in [1.807, 2.05) is 0 Å². The lowest BCUT2D eigenvalue weighted by Gasteiger charge is -2.26. The standard InChI is InChI=1S/C22H44N/c1-6-10-20-12-8-11-19(4)21(7-2)13-9-14-23(5)17-22(23)16-18(3)15-20/h18-22H,6-17H2,1-5H3/q+1. The zero-order chi connectivity index (χ0) is 16.9. The van der Waals surface area contributed by atoms with E-state index in [1.54, 1.807) is 0 Å². The van der Waals surface area contributed by atoms with Crippen molar-refractivity contribution in [3.8, 4) is 0 Å². The van der Waals surface area contributed by atoms with Gasteiger partial charge in [0, 0.05) is 6.42 Å². The van der Waals surface area contributed by atoms with Gasteiger partial charge in [-0.15, -0.1) is 0 Å². The summed E-state index contributed by atoms with van der Waals surface area (Å²) < 4.78 is 1.40. The molecule has 2 rings (SSSR count). The molecule has 6 atom stereocenters. The molecule has 23 heavy (non-hydrogen) atoms. The van der Waals surface area contributed by atoms with Crippen LogP contribution in [-0.4, -0.2) is 30.7 Å². The van der Waals surface area contributed by atoms with Crippen LogP contribution in [0.2, 0.25) is 0 Å². The predicted octanol–water partition coefficient (Wildman–Crippen LogP) is 6.27. The third-order valence-corrected chi connectivity index (χ3v) is 7.33. The van der Waals surface area contributed by atoms with Crippen molar-refractivity contribution < 1.29 is 4.48 Å². The van der Waals surface area contributed by atoms with Crippen molar-refractivity contribution in [1.82, 2.24) is 0 Å². The van der Waals surface area contributed by atoms with Crippen LogP contribution in [-0.2, 0) is 0 Å². The van der Waals surface area contributed by atoms with Crippen LogP contribution in [0.15, 0.2) is 0 Å². The van der Waals surface area contributed by atoms with Crippen molar-refractivity contribution in [2.45, 2.75) is 97.9 Å². The Hall–Kier alpha value is -0.0400. The van der Waals surface area contributed by atoms with Gasteiger partial charge in [-0.1, -0.05) is 66.2 Å². The molecule has 0 spiro atoms. The van der Waals surface area contributed by atoms with Crippen LogP contribution in [0.4, 0.5) is 0 Å². The van der Waals surface area contributed by atoms with Crippen molar-refractivity contribution in [3.05, 3.63) is 0 Å². The highest BCUT2D eigenvalue weighted by Crippen LogP contribution is 2.38. The Bertz CT molecular complexity index is 339. The summed E-state index contributed by atoms with van der Waals surface area (Å²) in [6.07, 6.45) is 14.6. The van der Waals surface area contributed by atoms with Crippen LogP contribution in [0.5, 0.6) is 0 Å². The monoisotopic (exact) mass is 322 g/mol. The first-order valence-electron chi connectivity index (χ1n) is 10.8. The minimum Gasteiger partial charge on any atom is -0.314 e. The summed E-state index contributed by atoms with van der Waals surface area (Å²) in [5.41, 5.74) is 0. The van der Waals surface area contributed by atoms with Crippen molar-refractivity contribution in [2.24, 2.45) is 23.7 Å². The fourth-order valence-electron chi connectivity index (χ4n) is 5.53. The first-order valence-corrected chi connectivity index (χ1v) is 10.8. The Balaban J connectivity index is 1.96. The van der Waals surface area contributed by atoms with Crippen LogP contribution in [0.3, 0.4) is 0 Å². The third-order valence-electron chi connectivity index (χ3n) is 7.33. The van der Waals surface area contributed by atoms with Crippen LogP contribution in [0.1, 0.15) is 91.9 Å². The van der Waals surface area contributed by atoms with Gasteiger partial charge in [-0.3, -0.25) is 0 Å². The molecule has 0 N–H and O–H groups in total. The van der Waals surface area contributed by atoms with Crippen molar-refractivity contribution in [2.75, 3.05) is 20.1 Å². The summed E-state index contributed by atoms with van der Waals surface area (Å²) in [5.74, 6) is 3.87. The molecule has 6 unspecified atom stereocenters. The average Bonchev–Trinajstić information content (AvgIpc) is 3.12. The van der Waals surface area contributed by atoms with Gasteiger partial charge in [0.2, 0.25) is 0 Å². The molecule has 2 aliphatic rings. The fraction of sp³-hybridized carbons (Fsp3) is 1.00. The highest BCUT2D eigenvalue weighted by Gasteiger charge is 2.50. The molecule has 0 aliphatic carbocycles. The maximum atomic E-state index is 2.54. The molecule has 0 bridgehead atoms. The quantitative estimate of drug-likeness (QED) is 0.424. The Kier molecular flexibility index (Phi) is 7.45. The molecule has 1 nitrogen and oxygen atoms in total. The maximum Gasteiger partial charge on any atom is 0.139 e. The number of hydrogen-bond acceptors (Lipinski definition) is 0. The summed E-state index contributed by atoms with van der Waals surface area (Å²) >= 11 is 0. The van der Waals surface area contributed by atoms with E-state index in [-0.39, 0.29) is 0 Å². The highest BCUT2D eigenvalue weighted by atomic mass is 15.5. The first kappa shape index (κ1) is 19.3. The normalized spacial score (nSPS) is 43.4. The zero-order valence-electron chi connectivity index (χ0n) is 16.8. The molecule has 0 aromatic carbocycles. The van der Waals surface area contributed by atoms with Crippen molar-refractivity contribution >= 4 is 0 Å². The Morgan fingerprint density at radius 2 is 1.74 bits per heavy atom. The molecule has 0 aromatic rings. The topological polar surface area (TPSA) is 0 Å². The third kappa shape index (κ3) is 5.76. The molecule has 0 aromatic heterocycles. The number of nitrogens with zero attached hydrogens (tertiary/aromatic N) is 1. The van der Waals surface area contributed by atoms with Gasteiger partial charge in [0.05, 0.1) is 13.6 Å². The maximum absolute atomic E-state index is 2.54. The predicted molar refractivity (Wildman–Crippen MR) is 103 cm³/mol. The summed E-state index contributed by atoms with van der Waals surface area (Å²) in [5, 5.41) is 0. The minimum atomic E-state index is 0.943. The van der Waals surface area contributed by atoms with Crippen LogP contribution >= 0.6 is 0 Å². The fourth-order valence-corrected chi connectivity index (χ4v) is 5.53. The molecule has 1 heteroatoms. The second kappa shape index (κ2) is 8.88. The Morgan fingerprint density at radius 3 is 2.43 bits per heavy atom. The van der Waals surface area contributed by atoms with Gasteiger partial charge in [-0.2, -0.15) is 0 Å². The molecule has 2 saturated heterocycles. The van der Waals surface area contributed by atoms with E-state index >= 15 is 0 Å².